The molecule has 0 unspecified atom stereocenters. The third-order valence-corrected chi connectivity index (χ3v) is 0.984. The summed E-state index contributed by atoms with van der Waals surface area (Å²) in [4.78, 5) is 33.6. The molecule has 0 bridgehead atoms. The lowest BCUT2D eigenvalue weighted by molar-refractivity contribution is -0.432. The summed E-state index contributed by atoms with van der Waals surface area (Å²) in [6, 6.07) is 2.19. The highest BCUT2D eigenvalue weighted by molar-refractivity contribution is 7.40. The second-order valence-corrected chi connectivity index (χ2v) is 3.71. The van der Waals surface area contributed by atoms with Gasteiger partial charge in [-0.2, -0.15) is 7.82 Å². The Morgan fingerprint density at radius 1 is 1.27 bits per heavy atom. The molecule has 1 N–H and O–H groups in total. The van der Waals surface area contributed by atoms with Gasteiger partial charge < -0.3 is 24.6 Å². The zero-order valence-electron chi connectivity index (χ0n) is 8.28. The number of nitrogens with zero attached hydrogens (tertiary/aromatic N) is 2. The van der Waals surface area contributed by atoms with Gasteiger partial charge in [0.1, 0.15) is 0 Å². The number of anilines is 1. The van der Waals surface area contributed by atoms with Gasteiger partial charge in [-0.05, 0) is 19.9 Å². The van der Waals surface area contributed by atoms with Gasteiger partial charge in [-0.15, -0.1) is 0 Å². The molecule has 0 aliphatic heterocycles. The number of hydrogen-bond acceptors (Lipinski definition) is 7. The highest BCUT2D eigenvalue weighted by Gasteiger charge is 1.93. The molecular formula is C7H11N3O4P-3. The molecule has 8 heteroatoms. The summed E-state index contributed by atoms with van der Waals surface area (Å²) in [7, 11) is -5.39. The lowest BCUT2D eigenvalue weighted by atomic mass is 10.4. The lowest BCUT2D eigenvalue weighted by Gasteiger charge is -2.36. The van der Waals surface area contributed by atoms with Gasteiger partial charge in [0, 0.05) is 18.4 Å². The summed E-state index contributed by atoms with van der Waals surface area (Å²) in [5, 5.41) is 3.08. The normalized spacial score (nSPS) is 10.5. The molecule has 0 saturated carbocycles. The molecule has 0 atom stereocenters. The average Bonchev–Trinajstić information content (AvgIpc) is 2.01. The molecule has 0 amide bonds. The van der Waals surface area contributed by atoms with E-state index in [0.29, 0.717) is 12.0 Å². The van der Waals surface area contributed by atoms with Crippen LogP contribution in [0.25, 0.3) is 0 Å². The molecule has 86 valence electrons. The van der Waals surface area contributed by atoms with E-state index in [1.165, 1.54) is 0 Å². The van der Waals surface area contributed by atoms with Crippen molar-refractivity contribution < 1.29 is 19.2 Å². The number of nitrogens with one attached hydrogen (secondary N) is 1. The van der Waals surface area contributed by atoms with Crippen molar-refractivity contribution >= 4 is 13.8 Å². The molecule has 0 aliphatic rings. The van der Waals surface area contributed by atoms with Gasteiger partial charge in [0.2, 0.25) is 5.95 Å². The first-order valence-corrected chi connectivity index (χ1v) is 5.51. The molecular weight excluding hydrogens is 221 g/mol. The van der Waals surface area contributed by atoms with Gasteiger partial charge >= 0.3 is 0 Å². The smallest absolute Gasteiger partial charge is 0.222 e. The standard InChI is InChI=1S/C7H11N3.H3O4P/c1-6(2)10-7-8-4-3-5-9-7;1-5(2,3)4/h3-6H,1-2H3,(H,8,9,10);(H3,1,2,3,4)/p-3. The fourth-order valence-corrected chi connectivity index (χ4v) is 0.632. The van der Waals surface area contributed by atoms with E-state index < -0.39 is 7.82 Å². The number of hydrogen-bond donors (Lipinski definition) is 1. The molecule has 15 heavy (non-hydrogen) atoms. The third kappa shape index (κ3) is 13.0. The van der Waals surface area contributed by atoms with Gasteiger partial charge in [-0.3, -0.25) is 0 Å². The Kier molecular flexibility index (Phi) is 6.03. The van der Waals surface area contributed by atoms with Gasteiger partial charge in [0.25, 0.3) is 0 Å². The fraction of sp³-hybridized carbons (Fsp3) is 0.429. The van der Waals surface area contributed by atoms with Crippen molar-refractivity contribution in [3.8, 4) is 0 Å². The molecule has 1 rings (SSSR count). The summed E-state index contributed by atoms with van der Waals surface area (Å²) in [6.07, 6.45) is 3.44. The molecule has 0 saturated heterocycles. The van der Waals surface area contributed by atoms with Crippen molar-refractivity contribution in [1.82, 2.24) is 9.97 Å². The minimum atomic E-state index is -5.39. The van der Waals surface area contributed by atoms with Crippen LogP contribution in [0, 0.1) is 0 Å². The summed E-state index contributed by atoms with van der Waals surface area (Å²) < 4.78 is 8.55. The largest absolute Gasteiger partial charge is 0.822 e. The topological polar surface area (TPSA) is 124 Å². The van der Waals surface area contributed by atoms with E-state index in [-0.39, 0.29) is 0 Å². The van der Waals surface area contributed by atoms with Crippen molar-refractivity contribution in [1.29, 1.82) is 0 Å². The Labute approximate surface area is 87.5 Å². The number of rotatable bonds is 2. The molecule has 0 spiro atoms. The van der Waals surface area contributed by atoms with Crippen molar-refractivity contribution in [3.05, 3.63) is 18.5 Å². The predicted octanol–water partition coefficient (Wildman–Crippen LogP) is -1.53. The highest BCUT2D eigenvalue weighted by Crippen LogP contribution is 2.03. The molecule has 0 fully saturated rings. The second kappa shape index (κ2) is 6.47. The second-order valence-electron chi connectivity index (χ2n) is 2.82. The van der Waals surface area contributed by atoms with Crippen molar-refractivity contribution in [2.45, 2.75) is 19.9 Å². The zero-order chi connectivity index (χ0) is 11.9. The monoisotopic (exact) mass is 232 g/mol. The third-order valence-electron chi connectivity index (χ3n) is 0.984. The van der Waals surface area contributed by atoms with Gasteiger partial charge in [-0.1, -0.05) is 0 Å². The van der Waals surface area contributed by atoms with Crippen molar-refractivity contribution in [2.75, 3.05) is 5.32 Å². The van der Waals surface area contributed by atoms with Crippen LogP contribution in [0.4, 0.5) is 5.95 Å². The summed E-state index contributed by atoms with van der Waals surface area (Å²) in [5.41, 5.74) is 0. The van der Waals surface area contributed by atoms with Crippen LogP contribution < -0.4 is 20.0 Å². The van der Waals surface area contributed by atoms with Gasteiger partial charge in [0.05, 0.1) is 0 Å². The van der Waals surface area contributed by atoms with Crippen LogP contribution >= 0.6 is 7.82 Å². The lowest BCUT2D eigenvalue weighted by Crippen LogP contribution is -2.24. The highest BCUT2D eigenvalue weighted by atomic mass is 31.2. The minimum Gasteiger partial charge on any atom is -0.822 e. The number of phosphoric acid groups is 1. The van der Waals surface area contributed by atoms with Crippen LogP contribution in [0.2, 0.25) is 0 Å². The van der Waals surface area contributed by atoms with Gasteiger partial charge in [-0.25, -0.2) is 9.97 Å². The maximum absolute atomic E-state index is 8.55. The van der Waals surface area contributed by atoms with E-state index in [1.807, 2.05) is 0 Å². The number of aromatic nitrogens is 2. The summed E-state index contributed by atoms with van der Waals surface area (Å²) in [6.45, 7) is 4.10. The van der Waals surface area contributed by atoms with E-state index >= 15 is 0 Å². The van der Waals surface area contributed by atoms with E-state index in [9.17, 15) is 0 Å². The van der Waals surface area contributed by atoms with Crippen molar-refractivity contribution in [2.24, 2.45) is 0 Å². The molecule has 7 nitrogen and oxygen atoms in total. The van der Waals surface area contributed by atoms with Gasteiger partial charge in [0.15, 0.2) is 0 Å². The zero-order valence-corrected chi connectivity index (χ0v) is 9.18. The van der Waals surface area contributed by atoms with Crippen LogP contribution in [0.5, 0.6) is 0 Å². The Balaban J connectivity index is 0.000000336. The Bertz CT molecular complexity index is 305. The van der Waals surface area contributed by atoms with Crippen LogP contribution in [-0.2, 0) is 4.57 Å². The maximum atomic E-state index is 8.55. The molecule has 1 aromatic rings. The van der Waals surface area contributed by atoms with Crippen LogP contribution in [0.1, 0.15) is 13.8 Å². The first-order chi connectivity index (χ1) is 6.79. The SMILES string of the molecule is CC(C)Nc1ncccn1.O=P([O-])([O-])[O-]. The first-order valence-electron chi connectivity index (χ1n) is 4.05. The summed E-state index contributed by atoms with van der Waals surface area (Å²) in [5.74, 6) is 0.692. The fourth-order valence-electron chi connectivity index (χ4n) is 0.632. The molecule has 0 radical (unpaired) electrons. The Morgan fingerprint density at radius 3 is 2.00 bits per heavy atom. The molecule has 0 aliphatic carbocycles. The van der Waals surface area contributed by atoms with E-state index in [0.717, 1.165) is 0 Å². The van der Waals surface area contributed by atoms with Crippen LogP contribution in [-0.4, -0.2) is 16.0 Å². The molecule has 1 heterocycles. The van der Waals surface area contributed by atoms with Crippen LogP contribution in [0.3, 0.4) is 0 Å². The predicted molar refractivity (Wildman–Crippen MR) is 48.4 cm³/mol. The van der Waals surface area contributed by atoms with Crippen LogP contribution in [0.15, 0.2) is 18.5 Å². The summed E-state index contributed by atoms with van der Waals surface area (Å²) >= 11 is 0. The van der Waals surface area contributed by atoms with E-state index in [2.05, 4.69) is 29.1 Å². The van der Waals surface area contributed by atoms with Crippen molar-refractivity contribution in [3.63, 3.8) is 0 Å². The molecule has 1 aromatic heterocycles. The average molecular weight is 232 g/mol. The first kappa shape index (κ1) is 14.0. The minimum absolute atomic E-state index is 0.391. The molecule has 0 aromatic carbocycles. The Morgan fingerprint density at radius 2 is 1.67 bits per heavy atom. The van der Waals surface area contributed by atoms with E-state index in [4.69, 9.17) is 19.2 Å². The van der Waals surface area contributed by atoms with E-state index in [1.54, 1.807) is 18.5 Å². The quantitative estimate of drug-likeness (QED) is 0.613. The maximum Gasteiger partial charge on any atom is 0.222 e. The Hall–Kier alpha value is -1.01.